The van der Waals surface area contributed by atoms with Gasteiger partial charge in [0.15, 0.2) is 0 Å². The average molecular weight is 358 g/mol. The van der Waals surface area contributed by atoms with Crippen molar-refractivity contribution in [2.24, 2.45) is 0 Å². The lowest BCUT2D eigenvalue weighted by Gasteiger charge is -2.23. The first kappa shape index (κ1) is 18.8. The molecule has 2 rings (SSSR count). The highest BCUT2D eigenvalue weighted by molar-refractivity contribution is 6.30. The zero-order valence-corrected chi connectivity index (χ0v) is 15.0. The van der Waals surface area contributed by atoms with Crippen molar-refractivity contribution in [3.8, 4) is 11.8 Å². The van der Waals surface area contributed by atoms with Crippen molar-refractivity contribution >= 4 is 23.2 Å². The van der Waals surface area contributed by atoms with Crippen molar-refractivity contribution in [1.82, 2.24) is 4.90 Å². The van der Waals surface area contributed by atoms with Gasteiger partial charge in [-0.2, -0.15) is 5.26 Å². The van der Waals surface area contributed by atoms with Crippen LogP contribution < -0.4 is 10.1 Å². The number of hydrogen-bond donors (Lipinski definition) is 1. The molecule has 0 saturated heterocycles. The van der Waals surface area contributed by atoms with Crippen LogP contribution in [0.5, 0.6) is 5.75 Å². The van der Waals surface area contributed by atoms with E-state index in [9.17, 15) is 4.79 Å². The molecule has 1 amide bonds. The number of likely N-dealkylation sites (N-methyl/N-ethyl adjacent to an activating group) is 1. The van der Waals surface area contributed by atoms with E-state index in [1.807, 2.05) is 18.9 Å². The molecule has 0 radical (unpaired) electrons. The molecule has 1 unspecified atom stereocenters. The van der Waals surface area contributed by atoms with E-state index >= 15 is 0 Å². The van der Waals surface area contributed by atoms with E-state index in [1.54, 1.807) is 48.5 Å². The van der Waals surface area contributed by atoms with Gasteiger partial charge in [0.05, 0.1) is 17.7 Å². The van der Waals surface area contributed by atoms with Crippen molar-refractivity contribution in [1.29, 1.82) is 5.26 Å². The Labute approximate surface area is 152 Å². The van der Waals surface area contributed by atoms with Crippen molar-refractivity contribution in [2.75, 3.05) is 25.5 Å². The van der Waals surface area contributed by atoms with Gasteiger partial charge in [0.25, 0.3) is 0 Å². The predicted molar refractivity (Wildman–Crippen MR) is 98.8 cm³/mol. The summed E-state index contributed by atoms with van der Waals surface area (Å²) in [5.74, 6) is 0.604. The molecule has 0 fully saturated rings. The molecular weight excluding hydrogens is 338 g/mol. The molecule has 2 aromatic carbocycles. The van der Waals surface area contributed by atoms with Gasteiger partial charge in [-0.3, -0.25) is 9.69 Å². The van der Waals surface area contributed by atoms with Crippen LogP contribution in [0.3, 0.4) is 0 Å². The molecule has 25 heavy (non-hydrogen) atoms. The van der Waals surface area contributed by atoms with E-state index in [0.29, 0.717) is 29.4 Å². The van der Waals surface area contributed by atoms with Crippen LogP contribution in [0, 0.1) is 11.3 Å². The van der Waals surface area contributed by atoms with Crippen molar-refractivity contribution in [2.45, 2.75) is 13.0 Å². The SMILES string of the molecule is CC(C(=O)Nc1cccc(C#N)c1)N(C)CCOc1ccc(Cl)cc1. The van der Waals surface area contributed by atoms with Crippen LogP contribution in [-0.2, 0) is 4.79 Å². The van der Waals surface area contributed by atoms with Crippen LogP contribution >= 0.6 is 11.6 Å². The van der Waals surface area contributed by atoms with E-state index in [-0.39, 0.29) is 11.9 Å². The zero-order chi connectivity index (χ0) is 18.2. The number of nitriles is 1. The summed E-state index contributed by atoms with van der Waals surface area (Å²) in [5.41, 5.74) is 1.12. The molecule has 0 aliphatic carbocycles. The molecule has 1 atom stereocenters. The van der Waals surface area contributed by atoms with Gasteiger partial charge in [-0.25, -0.2) is 0 Å². The Bertz CT molecular complexity index is 756. The van der Waals surface area contributed by atoms with Crippen molar-refractivity contribution in [3.05, 3.63) is 59.1 Å². The molecule has 130 valence electrons. The number of rotatable bonds is 7. The molecule has 6 heteroatoms. The number of nitrogens with one attached hydrogen (secondary N) is 1. The molecule has 0 aliphatic rings. The smallest absolute Gasteiger partial charge is 0.241 e. The fourth-order valence-corrected chi connectivity index (χ4v) is 2.27. The van der Waals surface area contributed by atoms with Crippen LogP contribution in [0.4, 0.5) is 5.69 Å². The summed E-state index contributed by atoms with van der Waals surface area (Å²) in [6, 6.07) is 15.7. The van der Waals surface area contributed by atoms with Gasteiger partial charge >= 0.3 is 0 Å². The zero-order valence-electron chi connectivity index (χ0n) is 14.2. The molecule has 0 spiro atoms. The van der Waals surface area contributed by atoms with Crippen molar-refractivity contribution < 1.29 is 9.53 Å². The number of nitrogens with zero attached hydrogens (tertiary/aromatic N) is 2. The maximum atomic E-state index is 12.3. The maximum absolute atomic E-state index is 12.3. The highest BCUT2D eigenvalue weighted by atomic mass is 35.5. The van der Waals surface area contributed by atoms with Gasteiger partial charge in [-0.05, 0) is 56.4 Å². The van der Waals surface area contributed by atoms with Gasteiger partial charge in [0.1, 0.15) is 12.4 Å². The Kier molecular flexibility index (Phi) is 6.81. The predicted octanol–water partition coefficient (Wildman–Crippen LogP) is 3.55. The van der Waals surface area contributed by atoms with Gasteiger partial charge in [-0.1, -0.05) is 17.7 Å². The van der Waals surface area contributed by atoms with Crippen LogP contribution in [0.2, 0.25) is 5.02 Å². The second-order valence-corrected chi connectivity index (χ2v) is 6.08. The number of benzene rings is 2. The summed E-state index contributed by atoms with van der Waals surface area (Å²) in [4.78, 5) is 14.2. The topological polar surface area (TPSA) is 65.4 Å². The van der Waals surface area contributed by atoms with E-state index in [2.05, 4.69) is 11.4 Å². The van der Waals surface area contributed by atoms with Crippen LogP contribution in [0.15, 0.2) is 48.5 Å². The molecule has 0 bridgehead atoms. The first-order chi connectivity index (χ1) is 12.0. The summed E-state index contributed by atoms with van der Waals surface area (Å²) in [6.45, 7) is 2.88. The van der Waals surface area contributed by atoms with Gasteiger partial charge in [0, 0.05) is 17.3 Å². The van der Waals surface area contributed by atoms with Crippen LogP contribution in [-0.4, -0.2) is 37.0 Å². The lowest BCUT2D eigenvalue weighted by molar-refractivity contribution is -0.120. The number of halogens is 1. The molecular formula is C19H20ClN3O2. The Balaban J connectivity index is 1.81. The minimum Gasteiger partial charge on any atom is -0.492 e. The molecule has 0 aliphatic heterocycles. The maximum Gasteiger partial charge on any atom is 0.241 e. The third-order valence-corrected chi connectivity index (χ3v) is 4.08. The summed E-state index contributed by atoms with van der Waals surface area (Å²) < 4.78 is 5.64. The number of ether oxygens (including phenoxy) is 1. The third-order valence-electron chi connectivity index (χ3n) is 3.83. The standard InChI is InChI=1S/C19H20ClN3O2/c1-14(19(24)22-17-5-3-4-15(12-17)13-21)23(2)10-11-25-18-8-6-16(20)7-9-18/h3-9,12,14H,10-11H2,1-2H3,(H,22,24). The fourth-order valence-electron chi connectivity index (χ4n) is 2.15. The number of amides is 1. The second-order valence-electron chi connectivity index (χ2n) is 5.64. The molecule has 0 saturated carbocycles. The number of carbonyl (C=O) groups excluding carboxylic acids is 1. The molecule has 5 nitrogen and oxygen atoms in total. The number of carbonyl (C=O) groups is 1. The second kappa shape index (κ2) is 9.07. The first-order valence-electron chi connectivity index (χ1n) is 7.89. The highest BCUT2D eigenvalue weighted by Gasteiger charge is 2.18. The Hall–Kier alpha value is -2.55. The fraction of sp³-hybridized carbons (Fsp3) is 0.263. The largest absolute Gasteiger partial charge is 0.492 e. The van der Waals surface area contributed by atoms with E-state index in [1.165, 1.54) is 0 Å². The van der Waals surface area contributed by atoms with E-state index in [0.717, 1.165) is 5.75 Å². The van der Waals surface area contributed by atoms with E-state index < -0.39 is 0 Å². The number of anilines is 1. The Morgan fingerprint density at radius 3 is 2.72 bits per heavy atom. The summed E-state index contributed by atoms with van der Waals surface area (Å²) >= 11 is 5.83. The molecule has 1 N–H and O–H groups in total. The van der Waals surface area contributed by atoms with Crippen LogP contribution in [0.25, 0.3) is 0 Å². The highest BCUT2D eigenvalue weighted by Crippen LogP contribution is 2.15. The third kappa shape index (κ3) is 5.79. The van der Waals surface area contributed by atoms with Gasteiger partial charge in [-0.15, -0.1) is 0 Å². The first-order valence-corrected chi connectivity index (χ1v) is 8.27. The lowest BCUT2D eigenvalue weighted by Crippen LogP contribution is -2.41. The van der Waals surface area contributed by atoms with Crippen LogP contribution in [0.1, 0.15) is 12.5 Å². The monoisotopic (exact) mass is 357 g/mol. The van der Waals surface area contributed by atoms with E-state index in [4.69, 9.17) is 21.6 Å². The summed E-state index contributed by atoms with van der Waals surface area (Å²) in [7, 11) is 1.86. The minimum absolute atomic E-state index is 0.135. The summed E-state index contributed by atoms with van der Waals surface area (Å²) in [6.07, 6.45) is 0. The molecule has 2 aromatic rings. The Morgan fingerprint density at radius 2 is 2.04 bits per heavy atom. The lowest BCUT2D eigenvalue weighted by atomic mass is 10.2. The van der Waals surface area contributed by atoms with Crippen molar-refractivity contribution in [3.63, 3.8) is 0 Å². The quantitative estimate of drug-likeness (QED) is 0.823. The van der Waals surface area contributed by atoms with Gasteiger partial charge < -0.3 is 10.1 Å². The normalized spacial score (nSPS) is 11.6. The summed E-state index contributed by atoms with van der Waals surface area (Å²) in [5, 5.41) is 12.4. The average Bonchev–Trinajstić information content (AvgIpc) is 2.62. The molecule has 0 heterocycles. The minimum atomic E-state index is -0.334. The number of hydrogen-bond acceptors (Lipinski definition) is 4. The Morgan fingerprint density at radius 1 is 1.32 bits per heavy atom. The molecule has 0 aromatic heterocycles. The van der Waals surface area contributed by atoms with Gasteiger partial charge in [0.2, 0.25) is 5.91 Å².